The molecule has 1 saturated heterocycles. The van der Waals surface area contributed by atoms with Crippen molar-refractivity contribution < 1.29 is 23.5 Å². The van der Waals surface area contributed by atoms with Gasteiger partial charge in [-0.3, -0.25) is 0 Å². The van der Waals surface area contributed by atoms with Crippen molar-refractivity contribution in [1.29, 1.82) is 0 Å². The summed E-state index contributed by atoms with van der Waals surface area (Å²) in [5.41, 5.74) is 1.76. The molecule has 7 nitrogen and oxygen atoms in total. The standard InChI is InChI=1S/C27H38N2O5Si/c1-27(2,3)35(4,5)34-21-24-17-12-18-28(25(30)32-19-22-13-8-6-9-14-22)29(24)26(31)33-20-23-15-10-7-11-16-23/h6-11,13-16,24H,12,17-21H2,1-5H3/t24-/m1/s1. The predicted molar refractivity (Wildman–Crippen MR) is 138 cm³/mol. The first-order valence-corrected chi connectivity index (χ1v) is 15.1. The van der Waals surface area contributed by atoms with Crippen LogP contribution in [-0.4, -0.2) is 49.7 Å². The number of benzene rings is 2. The van der Waals surface area contributed by atoms with Crippen LogP contribution in [-0.2, 0) is 27.1 Å². The molecule has 0 spiro atoms. The maximum Gasteiger partial charge on any atom is 0.429 e. The Balaban J connectivity index is 1.74. The lowest BCUT2D eigenvalue weighted by atomic mass is 10.1. The SMILES string of the molecule is CC(C)(C)[Si](C)(C)OC[C@H]1CCCN(C(=O)OCc2ccccc2)N1C(=O)OCc1ccccc1. The highest BCUT2D eigenvalue weighted by molar-refractivity contribution is 6.74. The van der Waals surface area contributed by atoms with Crippen molar-refractivity contribution in [3.63, 3.8) is 0 Å². The monoisotopic (exact) mass is 498 g/mol. The average Bonchev–Trinajstić information content (AvgIpc) is 2.85. The molecule has 1 fully saturated rings. The number of carbonyl (C=O) groups is 2. The second-order valence-corrected chi connectivity index (χ2v) is 15.2. The molecule has 0 unspecified atom stereocenters. The van der Waals surface area contributed by atoms with Crippen LogP contribution in [0.2, 0.25) is 18.1 Å². The summed E-state index contributed by atoms with van der Waals surface area (Å²) in [6.07, 6.45) is 0.322. The van der Waals surface area contributed by atoms with E-state index in [4.69, 9.17) is 13.9 Å². The zero-order valence-corrected chi connectivity index (χ0v) is 22.5. The highest BCUT2D eigenvalue weighted by atomic mass is 28.4. The van der Waals surface area contributed by atoms with Crippen LogP contribution in [0.5, 0.6) is 0 Å². The largest absolute Gasteiger partial charge is 0.443 e. The molecular weight excluding hydrogens is 460 g/mol. The minimum Gasteiger partial charge on any atom is -0.443 e. The average molecular weight is 499 g/mol. The van der Waals surface area contributed by atoms with Crippen LogP contribution >= 0.6 is 0 Å². The molecule has 35 heavy (non-hydrogen) atoms. The summed E-state index contributed by atoms with van der Waals surface area (Å²) in [5, 5.41) is 2.82. The highest BCUT2D eigenvalue weighted by Gasteiger charge is 2.42. The number of hydrazine groups is 1. The van der Waals surface area contributed by atoms with Gasteiger partial charge in [0, 0.05) is 6.54 Å². The fourth-order valence-corrected chi connectivity index (χ4v) is 4.63. The van der Waals surface area contributed by atoms with Gasteiger partial charge in [0.25, 0.3) is 0 Å². The van der Waals surface area contributed by atoms with E-state index in [1.54, 1.807) is 0 Å². The van der Waals surface area contributed by atoms with Gasteiger partial charge < -0.3 is 13.9 Å². The number of rotatable bonds is 7. The minimum atomic E-state index is -2.05. The second kappa shape index (κ2) is 11.7. The third-order valence-electron chi connectivity index (χ3n) is 6.76. The molecule has 1 heterocycles. The summed E-state index contributed by atoms with van der Waals surface area (Å²) in [5.74, 6) is 0. The second-order valence-electron chi connectivity index (χ2n) is 10.4. The van der Waals surface area contributed by atoms with Crippen molar-refractivity contribution in [1.82, 2.24) is 10.0 Å². The van der Waals surface area contributed by atoms with E-state index in [-0.39, 0.29) is 24.3 Å². The molecule has 2 aromatic rings. The molecule has 0 radical (unpaired) electrons. The number of nitrogens with zero attached hydrogens (tertiary/aromatic N) is 2. The van der Waals surface area contributed by atoms with Crippen LogP contribution in [0.1, 0.15) is 44.7 Å². The Morgan fingerprint density at radius 2 is 1.40 bits per heavy atom. The fourth-order valence-electron chi connectivity index (χ4n) is 3.58. The summed E-state index contributed by atoms with van der Waals surface area (Å²) >= 11 is 0. The van der Waals surface area contributed by atoms with Gasteiger partial charge in [-0.1, -0.05) is 81.4 Å². The van der Waals surface area contributed by atoms with Gasteiger partial charge in [0.05, 0.1) is 12.6 Å². The van der Waals surface area contributed by atoms with Crippen LogP contribution in [0.4, 0.5) is 9.59 Å². The van der Waals surface area contributed by atoms with Gasteiger partial charge in [-0.05, 0) is 42.1 Å². The van der Waals surface area contributed by atoms with E-state index in [0.717, 1.165) is 24.0 Å². The Bertz CT molecular complexity index is 963. The lowest BCUT2D eigenvalue weighted by Gasteiger charge is -2.44. The fraction of sp³-hybridized carbons (Fsp3) is 0.481. The molecule has 190 valence electrons. The number of hydrogen-bond acceptors (Lipinski definition) is 5. The van der Waals surface area contributed by atoms with Crippen LogP contribution in [0, 0.1) is 0 Å². The molecule has 1 aliphatic heterocycles. The van der Waals surface area contributed by atoms with Crippen molar-refractivity contribution in [3.8, 4) is 0 Å². The number of hydrogen-bond donors (Lipinski definition) is 0. The zero-order chi connectivity index (χ0) is 25.5. The maximum atomic E-state index is 13.3. The van der Waals surface area contributed by atoms with Gasteiger partial charge in [0.2, 0.25) is 0 Å². The summed E-state index contributed by atoms with van der Waals surface area (Å²) in [6, 6.07) is 18.7. The molecule has 0 bridgehead atoms. The number of ether oxygens (including phenoxy) is 2. The summed E-state index contributed by atoms with van der Waals surface area (Å²) < 4.78 is 17.6. The van der Waals surface area contributed by atoms with E-state index < -0.39 is 20.5 Å². The first kappa shape index (κ1) is 26.8. The summed E-state index contributed by atoms with van der Waals surface area (Å²) in [4.78, 5) is 26.4. The van der Waals surface area contributed by atoms with Crippen LogP contribution in [0.3, 0.4) is 0 Å². The quantitative estimate of drug-likeness (QED) is 0.415. The zero-order valence-electron chi connectivity index (χ0n) is 21.5. The highest BCUT2D eigenvalue weighted by Crippen LogP contribution is 2.37. The van der Waals surface area contributed by atoms with E-state index >= 15 is 0 Å². The van der Waals surface area contributed by atoms with Gasteiger partial charge in [0.1, 0.15) is 13.2 Å². The van der Waals surface area contributed by atoms with E-state index in [2.05, 4.69) is 33.9 Å². The van der Waals surface area contributed by atoms with Gasteiger partial charge in [-0.15, -0.1) is 0 Å². The van der Waals surface area contributed by atoms with Gasteiger partial charge in [0.15, 0.2) is 8.32 Å². The number of carbonyl (C=O) groups excluding carboxylic acids is 2. The van der Waals surface area contributed by atoms with Crippen molar-refractivity contribution in [2.24, 2.45) is 0 Å². The Morgan fingerprint density at radius 3 is 1.91 bits per heavy atom. The Labute approximate surface area is 210 Å². The summed E-state index contributed by atoms with van der Waals surface area (Å²) in [6.45, 7) is 11.9. The third kappa shape index (κ3) is 7.32. The lowest BCUT2D eigenvalue weighted by Crippen LogP contribution is -2.60. The molecule has 2 aromatic carbocycles. The molecule has 3 rings (SSSR count). The molecule has 0 aliphatic carbocycles. The van der Waals surface area contributed by atoms with E-state index in [1.165, 1.54) is 10.0 Å². The predicted octanol–water partition coefficient (Wildman–Crippen LogP) is 6.36. The van der Waals surface area contributed by atoms with Crippen molar-refractivity contribution in [3.05, 3.63) is 71.8 Å². The first-order chi connectivity index (χ1) is 16.6. The van der Waals surface area contributed by atoms with E-state index in [0.29, 0.717) is 13.2 Å². The Hall–Kier alpha value is -2.84. The van der Waals surface area contributed by atoms with Crippen LogP contribution < -0.4 is 0 Å². The normalized spacial score (nSPS) is 16.7. The maximum absolute atomic E-state index is 13.3. The van der Waals surface area contributed by atoms with Crippen molar-refractivity contribution in [2.75, 3.05) is 13.2 Å². The molecule has 2 amide bonds. The lowest BCUT2D eigenvalue weighted by molar-refractivity contribution is -0.0780. The molecule has 0 N–H and O–H groups in total. The van der Waals surface area contributed by atoms with E-state index in [1.807, 2.05) is 60.7 Å². The van der Waals surface area contributed by atoms with E-state index in [9.17, 15) is 9.59 Å². The molecule has 1 aliphatic rings. The molecule has 0 aromatic heterocycles. The van der Waals surface area contributed by atoms with Crippen LogP contribution in [0.25, 0.3) is 0 Å². The number of amides is 2. The third-order valence-corrected chi connectivity index (χ3v) is 11.3. The van der Waals surface area contributed by atoms with Crippen molar-refractivity contribution >= 4 is 20.5 Å². The minimum absolute atomic E-state index is 0.0363. The molecule has 0 saturated carbocycles. The van der Waals surface area contributed by atoms with Crippen molar-refractivity contribution in [2.45, 2.75) is 71.0 Å². The van der Waals surface area contributed by atoms with Gasteiger partial charge >= 0.3 is 12.2 Å². The Kier molecular flexibility index (Phi) is 8.96. The molecular formula is C27H38N2O5Si. The summed E-state index contributed by atoms with van der Waals surface area (Å²) in [7, 11) is -2.05. The topological polar surface area (TPSA) is 68.3 Å². The first-order valence-electron chi connectivity index (χ1n) is 12.2. The molecule has 8 heteroatoms. The van der Waals surface area contributed by atoms with Gasteiger partial charge in [-0.2, -0.15) is 0 Å². The molecule has 1 atom stereocenters. The Morgan fingerprint density at radius 1 is 0.886 bits per heavy atom. The smallest absolute Gasteiger partial charge is 0.429 e. The van der Waals surface area contributed by atoms with Crippen LogP contribution in [0.15, 0.2) is 60.7 Å². The van der Waals surface area contributed by atoms with Gasteiger partial charge in [-0.25, -0.2) is 19.6 Å².